The average Bonchev–Trinajstić information content (AvgIpc) is 2.25. The van der Waals surface area contributed by atoms with Gasteiger partial charge >= 0.3 is 5.97 Å². The van der Waals surface area contributed by atoms with Crippen LogP contribution in [-0.4, -0.2) is 5.97 Å². The molecule has 1 heterocycles. The number of cyclic esters (lactones) is 1. The molecule has 0 aromatic heterocycles. The molecule has 15 heavy (non-hydrogen) atoms. The van der Waals surface area contributed by atoms with E-state index < -0.39 is 6.10 Å². The van der Waals surface area contributed by atoms with Crippen LogP contribution >= 0.6 is 0 Å². The van der Waals surface area contributed by atoms with E-state index in [2.05, 4.69) is 17.8 Å². The van der Waals surface area contributed by atoms with Crippen molar-refractivity contribution in [2.45, 2.75) is 12.5 Å². The second-order valence-electron chi connectivity index (χ2n) is 3.16. The molecule has 0 aliphatic carbocycles. The number of ether oxygens (including phenoxy) is 1. The third-order valence-electron chi connectivity index (χ3n) is 2.20. The first-order valence-electron chi connectivity index (χ1n) is 4.54. The Labute approximate surface area is 88.3 Å². The first-order valence-corrected chi connectivity index (χ1v) is 4.54. The van der Waals surface area contributed by atoms with E-state index in [1.165, 1.54) is 0 Å². The molecule has 0 saturated heterocycles. The van der Waals surface area contributed by atoms with Gasteiger partial charge in [-0.05, 0) is 23.3 Å². The SMILES string of the molecule is C#CC#CC1OC(=O)Cc2ccccc21. The van der Waals surface area contributed by atoms with Crippen LogP contribution in [0.3, 0.4) is 0 Å². The number of carbonyl (C=O) groups excluding carboxylic acids is 1. The third-order valence-corrected chi connectivity index (χ3v) is 2.20. The van der Waals surface area contributed by atoms with Crippen LogP contribution < -0.4 is 0 Å². The van der Waals surface area contributed by atoms with Crippen LogP contribution in [0.25, 0.3) is 0 Å². The summed E-state index contributed by atoms with van der Waals surface area (Å²) in [7, 11) is 0. The molecular formula is C13H8O2. The van der Waals surface area contributed by atoms with Crippen LogP contribution in [0.1, 0.15) is 17.2 Å². The van der Waals surface area contributed by atoms with Crippen LogP contribution in [0.15, 0.2) is 24.3 Å². The Balaban J connectivity index is 2.43. The van der Waals surface area contributed by atoms with Crippen LogP contribution in [0.5, 0.6) is 0 Å². The quantitative estimate of drug-likeness (QED) is 0.464. The van der Waals surface area contributed by atoms with E-state index in [9.17, 15) is 4.79 Å². The topological polar surface area (TPSA) is 26.3 Å². The summed E-state index contributed by atoms with van der Waals surface area (Å²) in [4.78, 5) is 11.3. The Kier molecular flexibility index (Phi) is 2.44. The van der Waals surface area contributed by atoms with Crippen molar-refractivity contribution in [1.29, 1.82) is 0 Å². The highest BCUT2D eigenvalue weighted by atomic mass is 16.5. The number of hydrogen-bond acceptors (Lipinski definition) is 2. The van der Waals surface area contributed by atoms with Gasteiger partial charge in [-0.25, -0.2) is 0 Å². The molecule has 0 bridgehead atoms. The second-order valence-corrected chi connectivity index (χ2v) is 3.16. The monoisotopic (exact) mass is 196 g/mol. The molecule has 0 amide bonds. The summed E-state index contributed by atoms with van der Waals surface area (Å²) in [6.07, 6.45) is 4.83. The summed E-state index contributed by atoms with van der Waals surface area (Å²) in [6, 6.07) is 7.59. The van der Waals surface area contributed by atoms with Crippen molar-refractivity contribution >= 4 is 5.97 Å². The highest BCUT2D eigenvalue weighted by Crippen LogP contribution is 2.26. The Hall–Kier alpha value is -2.19. The van der Waals surface area contributed by atoms with Gasteiger partial charge in [0.1, 0.15) is 0 Å². The Morgan fingerprint density at radius 2 is 2.20 bits per heavy atom. The lowest BCUT2D eigenvalue weighted by Gasteiger charge is -2.21. The van der Waals surface area contributed by atoms with Crippen molar-refractivity contribution < 1.29 is 9.53 Å². The van der Waals surface area contributed by atoms with Gasteiger partial charge < -0.3 is 4.74 Å². The summed E-state index contributed by atoms with van der Waals surface area (Å²) >= 11 is 0. The number of carbonyl (C=O) groups is 1. The molecule has 2 nitrogen and oxygen atoms in total. The highest BCUT2D eigenvalue weighted by molar-refractivity contribution is 5.76. The van der Waals surface area contributed by atoms with Crippen LogP contribution in [-0.2, 0) is 16.0 Å². The minimum absolute atomic E-state index is 0.259. The van der Waals surface area contributed by atoms with Gasteiger partial charge in [-0.1, -0.05) is 24.3 Å². The van der Waals surface area contributed by atoms with Gasteiger partial charge in [0.2, 0.25) is 0 Å². The fourth-order valence-corrected chi connectivity index (χ4v) is 1.56. The largest absolute Gasteiger partial charge is 0.444 e. The molecule has 1 aromatic rings. The first-order chi connectivity index (χ1) is 7.31. The van der Waals surface area contributed by atoms with Gasteiger partial charge in [0.15, 0.2) is 6.10 Å². The van der Waals surface area contributed by atoms with Gasteiger partial charge in [0.05, 0.1) is 6.42 Å². The molecule has 1 aliphatic rings. The van der Waals surface area contributed by atoms with E-state index in [0.717, 1.165) is 11.1 Å². The molecule has 1 unspecified atom stereocenters. The first kappa shape index (κ1) is 9.37. The van der Waals surface area contributed by atoms with E-state index in [1.54, 1.807) is 0 Å². The molecule has 0 spiro atoms. The highest BCUT2D eigenvalue weighted by Gasteiger charge is 2.24. The Morgan fingerprint density at radius 1 is 1.40 bits per heavy atom. The molecule has 0 fully saturated rings. The van der Waals surface area contributed by atoms with Gasteiger partial charge in [-0.15, -0.1) is 6.42 Å². The maximum absolute atomic E-state index is 11.3. The molecule has 0 radical (unpaired) electrons. The minimum Gasteiger partial charge on any atom is -0.444 e. The number of terminal acetylenes is 1. The number of rotatable bonds is 0. The fraction of sp³-hybridized carbons (Fsp3) is 0.154. The summed E-state index contributed by atoms with van der Waals surface area (Å²) in [5, 5.41) is 0. The molecule has 0 saturated carbocycles. The predicted molar refractivity (Wildman–Crippen MR) is 55.6 cm³/mol. The van der Waals surface area contributed by atoms with Gasteiger partial charge in [0.25, 0.3) is 0 Å². The lowest BCUT2D eigenvalue weighted by Crippen LogP contribution is -2.20. The van der Waals surface area contributed by atoms with E-state index in [1.807, 2.05) is 24.3 Å². The van der Waals surface area contributed by atoms with Gasteiger partial charge in [-0.3, -0.25) is 4.79 Å². The molecular weight excluding hydrogens is 188 g/mol. The maximum Gasteiger partial charge on any atom is 0.311 e. The molecule has 1 aliphatic heterocycles. The van der Waals surface area contributed by atoms with Crippen LogP contribution in [0.2, 0.25) is 0 Å². The molecule has 72 valence electrons. The Morgan fingerprint density at radius 3 is 3.00 bits per heavy atom. The van der Waals surface area contributed by atoms with Crippen molar-refractivity contribution in [3.63, 3.8) is 0 Å². The van der Waals surface area contributed by atoms with Gasteiger partial charge in [0, 0.05) is 5.56 Å². The van der Waals surface area contributed by atoms with E-state index in [0.29, 0.717) is 6.42 Å². The zero-order valence-electron chi connectivity index (χ0n) is 7.99. The minimum atomic E-state index is -0.515. The van der Waals surface area contributed by atoms with E-state index >= 15 is 0 Å². The third kappa shape index (κ3) is 1.85. The Bertz CT molecular complexity index is 497. The number of benzene rings is 1. The lowest BCUT2D eigenvalue weighted by molar-refractivity contribution is -0.147. The van der Waals surface area contributed by atoms with Crippen molar-refractivity contribution in [1.82, 2.24) is 0 Å². The van der Waals surface area contributed by atoms with Gasteiger partial charge in [-0.2, -0.15) is 0 Å². The fourth-order valence-electron chi connectivity index (χ4n) is 1.56. The number of fused-ring (bicyclic) bond motifs is 1. The molecule has 2 rings (SSSR count). The van der Waals surface area contributed by atoms with E-state index in [4.69, 9.17) is 11.2 Å². The summed E-state index contributed by atoms with van der Waals surface area (Å²) < 4.78 is 5.11. The zero-order valence-corrected chi connectivity index (χ0v) is 7.99. The summed E-state index contributed by atoms with van der Waals surface area (Å²) in [5.41, 5.74) is 1.89. The standard InChI is InChI=1S/C13H8O2/c1-2-3-8-12-11-7-5-4-6-10(11)9-13(14)15-12/h1,4-7,12H,9H2. The van der Waals surface area contributed by atoms with Crippen molar-refractivity contribution in [2.75, 3.05) is 0 Å². The molecule has 2 heteroatoms. The average molecular weight is 196 g/mol. The smallest absolute Gasteiger partial charge is 0.311 e. The van der Waals surface area contributed by atoms with Crippen LogP contribution in [0.4, 0.5) is 0 Å². The summed E-state index contributed by atoms with van der Waals surface area (Å²) in [5.74, 6) is 7.16. The van der Waals surface area contributed by atoms with Crippen molar-refractivity contribution in [3.8, 4) is 24.2 Å². The maximum atomic E-state index is 11.3. The van der Waals surface area contributed by atoms with Crippen molar-refractivity contribution in [2.24, 2.45) is 0 Å². The van der Waals surface area contributed by atoms with E-state index in [-0.39, 0.29) is 5.97 Å². The second kappa shape index (κ2) is 3.90. The van der Waals surface area contributed by atoms with Crippen LogP contribution in [0, 0.1) is 24.2 Å². The molecule has 1 atom stereocenters. The number of esters is 1. The lowest BCUT2D eigenvalue weighted by atomic mass is 9.97. The zero-order chi connectivity index (χ0) is 10.7. The number of hydrogen-bond donors (Lipinski definition) is 0. The molecule has 1 aromatic carbocycles. The van der Waals surface area contributed by atoms with Crippen molar-refractivity contribution in [3.05, 3.63) is 35.4 Å². The summed E-state index contributed by atoms with van der Waals surface area (Å²) in [6.45, 7) is 0. The predicted octanol–water partition coefficient (Wildman–Crippen LogP) is 1.46. The normalized spacial score (nSPS) is 17.8. The molecule has 0 N–H and O–H groups in total.